The number of hydrogen-bond donors (Lipinski definition) is 2. The van der Waals surface area contributed by atoms with Crippen molar-refractivity contribution in [1.29, 1.82) is 0 Å². The largest absolute Gasteiger partial charge is 0.493 e. The van der Waals surface area contributed by atoms with Gasteiger partial charge in [-0.25, -0.2) is 0 Å². The summed E-state index contributed by atoms with van der Waals surface area (Å²) in [5.41, 5.74) is 4.69. The second kappa shape index (κ2) is 8.70. The van der Waals surface area contributed by atoms with Crippen molar-refractivity contribution >= 4 is 51.8 Å². The maximum atomic E-state index is 5.50. The van der Waals surface area contributed by atoms with Crippen LogP contribution in [0.3, 0.4) is 0 Å². The zero-order valence-electron chi connectivity index (χ0n) is 12.0. The summed E-state index contributed by atoms with van der Waals surface area (Å²) < 4.78 is 6.55. The number of ether oxygens (including phenoxy) is 1. The molecule has 0 unspecified atom stereocenters. The first kappa shape index (κ1) is 16.7. The highest BCUT2D eigenvalue weighted by Crippen LogP contribution is 2.21. The SMILES string of the molecule is CCOc1ccc(/C=N/NC(=S)Nc2ccccc2)cc1I. The highest BCUT2D eigenvalue weighted by molar-refractivity contribution is 14.1. The van der Waals surface area contributed by atoms with Crippen LogP contribution in [-0.2, 0) is 0 Å². The number of halogens is 1. The Morgan fingerprint density at radius 2 is 2.05 bits per heavy atom. The number of thiocarbonyl (C=S) groups is 1. The van der Waals surface area contributed by atoms with E-state index in [4.69, 9.17) is 17.0 Å². The molecule has 4 nitrogen and oxygen atoms in total. The van der Waals surface area contributed by atoms with Gasteiger partial charge in [0.15, 0.2) is 5.11 Å². The third-order valence-electron chi connectivity index (χ3n) is 2.67. The van der Waals surface area contributed by atoms with E-state index >= 15 is 0 Å². The smallest absolute Gasteiger partial charge is 0.191 e. The molecule has 0 saturated carbocycles. The highest BCUT2D eigenvalue weighted by atomic mass is 127. The van der Waals surface area contributed by atoms with Crippen molar-refractivity contribution in [1.82, 2.24) is 5.43 Å². The molecule has 2 N–H and O–H groups in total. The Hall–Kier alpha value is -1.67. The molecule has 0 aliphatic rings. The van der Waals surface area contributed by atoms with Gasteiger partial charge in [-0.15, -0.1) is 0 Å². The number of hydrogen-bond acceptors (Lipinski definition) is 3. The molecule has 2 aromatic carbocycles. The molecule has 0 heterocycles. The van der Waals surface area contributed by atoms with E-state index in [0.29, 0.717) is 11.7 Å². The van der Waals surface area contributed by atoms with Crippen LogP contribution >= 0.6 is 34.8 Å². The zero-order chi connectivity index (χ0) is 15.8. The normalized spacial score (nSPS) is 10.5. The van der Waals surface area contributed by atoms with Crippen LogP contribution < -0.4 is 15.5 Å². The minimum atomic E-state index is 0.447. The van der Waals surface area contributed by atoms with Gasteiger partial charge in [-0.3, -0.25) is 5.43 Å². The molecule has 2 rings (SSSR count). The predicted octanol–water partition coefficient (Wildman–Crippen LogP) is 4.01. The van der Waals surface area contributed by atoms with Crippen molar-refractivity contribution in [2.75, 3.05) is 11.9 Å². The molecule has 22 heavy (non-hydrogen) atoms. The maximum absolute atomic E-state index is 5.50. The molecule has 0 saturated heterocycles. The van der Waals surface area contributed by atoms with Crippen LogP contribution in [0.15, 0.2) is 53.6 Å². The number of hydrazone groups is 1. The number of anilines is 1. The number of para-hydroxylation sites is 1. The van der Waals surface area contributed by atoms with Gasteiger partial charge >= 0.3 is 0 Å². The lowest BCUT2D eigenvalue weighted by Crippen LogP contribution is -2.23. The predicted molar refractivity (Wildman–Crippen MR) is 104 cm³/mol. The highest BCUT2D eigenvalue weighted by Gasteiger charge is 2.00. The standard InChI is InChI=1S/C16H16IN3OS/c1-2-21-15-9-8-12(10-14(15)17)11-18-20-16(22)19-13-6-4-3-5-7-13/h3-11H,2H2,1H3,(H2,19,20,22)/b18-11+. The molecule has 2 aromatic rings. The Balaban J connectivity index is 1.89. The molecule has 114 valence electrons. The van der Waals surface area contributed by atoms with Gasteiger partial charge in [0.25, 0.3) is 0 Å². The first-order valence-electron chi connectivity index (χ1n) is 6.76. The number of nitrogens with zero attached hydrogens (tertiary/aromatic N) is 1. The van der Waals surface area contributed by atoms with Crippen LogP contribution in [0.1, 0.15) is 12.5 Å². The maximum Gasteiger partial charge on any atom is 0.191 e. The van der Waals surface area contributed by atoms with Crippen molar-refractivity contribution in [2.45, 2.75) is 6.92 Å². The molecule has 0 bridgehead atoms. The molecule has 0 aliphatic heterocycles. The summed E-state index contributed by atoms with van der Waals surface area (Å²) in [6.45, 7) is 2.63. The van der Waals surface area contributed by atoms with Gasteiger partial charge in [0.1, 0.15) is 5.75 Å². The fourth-order valence-corrected chi connectivity index (χ4v) is 2.58. The minimum Gasteiger partial charge on any atom is -0.493 e. The molecular weight excluding hydrogens is 409 g/mol. The average Bonchev–Trinajstić information content (AvgIpc) is 2.51. The molecule has 0 radical (unpaired) electrons. The Labute approximate surface area is 149 Å². The second-order valence-electron chi connectivity index (χ2n) is 4.31. The van der Waals surface area contributed by atoms with Gasteiger partial charge in [0, 0.05) is 5.69 Å². The summed E-state index contributed by atoms with van der Waals surface area (Å²) >= 11 is 7.42. The van der Waals surface area contributed by atoms with Crippen molar-refractivity contribution in [3.63, 3.8) is 0 Å². The molecule has 6 heteroatoms. The van der Waals surface area contributed by atoms with Crippen molar-refractivity contribution in [3.8, 4) is 5.75 Å². The summed E-state index contributed by atoms with van der Waals surface area (Å²) in [5, 5.41) is 7.63. The molecule has 0 fully saturated rings. The Bertz CT molecular complexity index is 662. The van der Waals surface area contributed by atoms with Crippen LogP contribution in [0.5, 0.6) is 5.75 Å². The van der Waals surface area contributed by atoms with E-state index in [2.05, 4.69) is 38.4 Å². The van der Waals surface area contributed by atoms with Crippen molar-refractivity contribution < 1.29 is 4.74 Å². The fourth-order valence-electron chi connectivity index (χ4n) is 1.72. The van der Waals surface area contributed by atoms with Gasteiger partial charge in [-0.05, 0) is 77.6 Å². The minimum absolute atomic E-state index is 0.447. The summed E-state index contributed by atoms with van der Waals surface area (Å²) in [6, 6.07) is 15.6. The summed E-state index contributed by atoms with van der Waals surface area (Å²) in [5.74, 6) is 0.884. The third kappa shape index (κ3) is 5.27. The van der Waals surface area contributed by atoms with E-state index in [1.54, 1.807) is 6.21 Å². The summed E-state index contributed by atoms with van der Waals surface area (Å²) in [7, 11) is 0. The lowest BCUT2D eigenvalue weighted by Gasteiger charge is -2.07. The quantitative estimate of drug-likeness (QED) is 0.329. The lowest BCUT2D eigenvalue weighted by atomic mass is 10.2. The van der Waals surface area contributed by atoms with Crippen LogP contribution in [0, 0.1) is 3.57 Å². The van der Waals surface area contributed by atoms with Crippen LogP contribution in [0.25, 0.3) is 0 Å². The summed E-state index contributed by atoms with van der Waals surface area (Å²) in [4.78, 5) is 0. The summed E-state index contributed by atoms with van der Waals surface area (Å²) in [6.07, 6.45) is 1.72. The lowest BCUT2D eigenvalue weighted by molar-refractivity contribution is 0.338. The van der Waals surface area contributed by atoms with Crippen molar-refractivity contribution in [3.05, 3.63) is 57.7 Å². The van der Waals surface area contributed by atoms with E-state index in [1.807, 2.05) is 55.5 Å². The van der Waals surface area contributed by atoms with Gasteiger partial charge in [-0.1, -0.05) is 18.2 Å². The Morgan fingerprint density at radius 1 is 1.27 bits per heavy atom. The van der Waals surface area contributed by atoms with Gasteiger partial charge < -0.3 is 10.1 Å². The zero-order valence-corrected chi connectivity index (χ0v) is 15.0. The molecule has 0 amide bonds. The molecule has 0 atom stereocenters. The number of nitrogens with one attached hydrogen (secondary N) is 2. The average molecular weight is 425 g/mol. The van der Waals surface area contributed by atoms with Crippen LogP contribution in [0.4, 0.5) is 5.69 Å². The van der Waals surface area contributed by atoms with E-state index in [9.17, 15) is 0 Å². The molecular formula is C16H16IN3OS. The Morgan fingerprint density at radius 3 is 2.73 bits per heavy atom. The first-order chi connectivity index (χ1) is 10.7. The molecule has 0 aromatic heterocycles. The first-order valence-corrected chi connectivity index (χ1v) is 8.25. The molecule has 0 aliphatic carbocycles. The van der Waals surface area contributed by atoms with Gasteiger partial charge in [-0.2, -0.15) is 5.10 Å². The van der Waals surface area contributed by atoms with Gasteiger partial charge in [0.05, 0.1) is 16.4 Å². The number of rotatable bonds is 5. The van der Waals surface area contributed by atoms with Gasteiger partial charge in [0.2, 0.25) is 0 Å². The van der Waals surface area contributed by atoms with Crippen molar-refractivity contribution in [2.24, 2.45) is 5.10 Å². The third-order valence-corrected chi connectivity index (χ3v) is 3.70. The van der Waals surface area contributed by atoms with E-state index in [1.165, 1.54) is 0 Å². The van der Waals surface area contributed by atoms with E-state index < -0.39 is 0 Å². The number of benzene rings is 2. The Kier molecular flexibility index (Phi) is 6.60. The van der Waals surface area contributed by atoms with Crippen LogP contribution in [0.2, 0.25) is 0 Å². The second-order valence-corrected chi connectivity index (χ2v) is 5.88. The fraction of sp³-hybridized carbons (Fsp3) is 0.125. The van der Waals surface area contributed by atoms with Crippen LogP contribution in [-0.4, -0.2) is 17.9 Å². The van der Waals surface area contributed by atoms with E-state index in [0.717, 1.165) is 20.6 Å². The topological polar surface area (TPSA) is 45.6 Å². The molecule has 0 spiro atoms. The van der Waals surface area contributed by atoms with E-state index in [-0.39, 0.29) is 0 Å². The monoisotopic (exact) mass is 425 g/mol.